The first kappa shape index (κ1) is 10.2. The summed E-state index contributed by atoms with van der Waals surface area (Å²) in [4.78, 5) is 0. The zero-order valence-electron chi connectivity index (χ0n) is 6.73. The number of hydrogen-bond acceptors (Lipinski definition) is 1. The van der Waals surface area contributed by atoms with Gasteiger partial charge in [-0.2, -0.15) is 0 Å². The molecule has 0 amide bonds. The van der Waals surface area contributed by atoms with Crippen molar-refractivity contribution in [3.8, 4) is 0 Å². The SMILES string of the molecule is Nc1c(F)cc(F)cc1C=CCBr. The highest BCUT2D eigenvalue weighted by molar-refractivity contribution is 9.09. The minimum absolute atomic E-state index is 0.0291. The van der Waals surface area contributed by atoms with E-state index in [1.54, 1.807) is 12.2 Å². The number of rotatable bonds is 2. The van der Waals surface area contributed by atoms with E-state index in [2.05, 4.69) is 15.9 Å². The van der Waals surface area contributed by atoms with Crippen LogP contribution >= 0.6 is 15.9 Å². The Bertz CT molecular complexity index is 337. The highest BCUT2D eigenvalue weighted by Gasteiger charge is 2.04. The van der Waals surface area contributed by atoms with Crippen molar-refractivity contribution >= 4 is 27.7 Å². The maximum atomic E-state index is 12.9. The number of nitrogen functional groups attached to an aromatic ring is 1. The van der Waals surface area contributed by atoms with E-state index < -0.39 is 11.6 Å². The summed E-state index contributed by atoms with van der Waals surface area (Å²) in [6, 6.07) is 1.96. The number of allylic oxidation sites excluding steroid dienone is 1. The Morgan fingerprint density at radius 2 is 2.08 bits per heavy atom. The molecule has 0 atom stereocenters. The second-order valence-electron chi connectivity index (χ2n) is 2.45. The van der Waals surface area contributed by atoms with E-state index in [1.165, 1.54) is 6.07 Å². The minimum atomic E-state index is -0.728. The molecule has 1 rings (SSSR count). The van der Waals surface area contributed by atoms with Crippen LogP contribution in [0.1, 0.15) is 5.56 Å². The number of halogens is 3. The molecule has 2 N–H and O–H groups in total. The molecular formula is C9H8BrF2N. The summed E-state index contributed by atoms with van der Waals surface area (Å²) in [5, 5.41) is 0.616. The van der Waals surface area contributed by atoms with Crippen LogP contribution in [0.5, 0.6) is 0 Å². The Kier molecular flexibility index (Phi) is 3.42. The third kappa shape index (κ3) is 2.52. The van der Waals surface area contributed by atoms with Crippen LogP contribution in [0.15, 0.2) is 18.2 Å². The summed E-state index contributed by atoms with van der Waals surface area (Å²) in [5.41, 5.74) is 5.71. The fourth-order valence-corrected chi connectivity index (χ4v) is 1.10. The van der Waals surface area contributed by atoms with Crippen molar-refractivity contribution in [2.75, 3.05) is 11.1 Å². The maximum Gasteiger partial charge on any atom is 0.149 e. The second kappa shape index (κ2) is 4.37. The summed E-state index contributed by atoms with van der Waals surface area (Å²) in [7, 11) is 0. The lowest BCUT2D eigenvalue weighted by molar-refractivity contribution is 0.586. The minimum Gasteiger partial charge on any atom is -0.396 e. The molecule has 13 heavy (non-hydrogen) atoms. The molecule has 1 aromatic carbocycles. The first-order valence-electron chi connectivity index (χ1n) is 3.62. The number of anilines is 1. The Hall–Kier alpha value is -0.900. The van der Waals surface area contributed by atoms with E-state index in [9.17, 15) is 8.78 Å². The quantitative estimate of drug-likeness (QED) is 0.632. The summed E-state index contributed by atoms with van der Waals surface area (Å²) < 4.78 is 25.6. The highest BCUT2D eigenvalue weighted by atomic mass is 79.9. The number of nitrogens with two attached hydrogens (primary N) is 1. The molecule has 4 heteroatoms. The number of hydrogen-bond donors (Lipinski definition) is 1. The highest BCUT2D eigenvalue weighted by Crippen LogP contribution is 2.19. The van der Waals surface area contributed by atoms with Gasteiger partial charge in [-0.25, -0.2) is 8.78 Å². The smallest absolute Gasteiger partial charge is 0.149 e. The van der Waals surface area contributed by atoms with E-state index in [0.29, 0.717) is 10.9 Å². The predicted molar refractivity (Wildman–Crippen MR) is 53.6 cm³/mol. The standard InChI is InChI=1S/C9H8BrF2N/c10-3-1-2-6-4-7(11)5-8(12)9(6)13/h1-2,4-5H,3,13H2. The van der Waals surface area contributed by atoms with E-state index in [0.717, 1.165) is 6.07 Å². The zero-order chi connectivity index (χ0) is 9.84. The predicted octanol–water partition coefficient (Wildman–Crippen LogP) is 2.96. The van der Waals surface area contributed by atoms with Crippen molar-refractivity contribution in [1.82, 2.24) is 0 Å². The van der Waals surface area contributed by atoms with Crippen LogP contribution in [0.2, 0.25) is 0 Å². The molecule has 1 nitrogen and oxygen atoms in total. The van der Waals surface area contributed by atoms with Crippen molar-refractivity contribution in [2.24, 2.45) is 0 Å². The Morgan fingerprint density at radius 1 is 1.38 bits per heavy atom. The molecule has 0 aromatic heterocycles. The monoisotopic (exact) mass is 247 g/mol. The van der Waals surface area contributed by atoms with Crippen LogP contribution in [0, 0.1) is 11.6 Å². The topological polar surface area (TPSA) is 26.0 Å². The first-order valence-corrected chi connectivity index (χ1v) is 4.74. The van der Waals surface area contributed by atoms with Crippen LogP contribution < -0.4 is 5.73 Å². The average molecular weight is 248 g/mol. The molecule has 0 spiro atoms. The second-order valence-corrected chi connectivity index (χ2v) is 3.09. The van der Waals surface area contributed by atoms with Gasteiger partial charge in [0, 0.05) is 17.0 Å². The lowest BCUT2D eigenvalue weighted by Gasteiger charge is -2.01. The Morgan fingerprint density at radius 3 is 2.69 bits per heavy atom. The van der Waals surface area contributed by atoms with Crippen molar-refractivity contribution in [3.63, 3.8) is 0 Å². The van der Waals surface area contributed by atoms with Gasteiger partial charge in [0.05, 0.1) is 5.69 Å². The molecule has 70 valence electrons. The van der Waals surface area contributed by atoms with Gasteiger partial charge in [-0.3, -0.25) is 0 Å². The summed E-state index contributed by atoms with van der Waals surface area (Å²) in [6.07, 6.45) is 3.28. The third-order valence-corrected chi connectivity index (χ3v) is 1.89. The molecule has 0 aliphatic carbocycles. The molecule has 0 bridgehead atoms. The number of alkyl halides is 1. The lowest BCUT2D eigenvalue weighted by Crippen LogP contribution is -1.95. The van der Waals surface area contributed by atoms with Crippen LogP contribution in [0.3, 0.4) is 0 Å². The van der Waals surface area contributed by atoms with Gasteiger partial charge < -0.3 is 5.73 Å². The van der Waals surface area contributed by atoms with Gasteiger partial charge in [-0.1, -0.05) is 28.1 Å². The van der Waals surface area contributed by atoms with Gasteiger partial charge in [0.15, 0.2) is 0 Å². The first-order chi connectivity index (χ1) is 6.15. The zero-order valence-corrected chi connectivity index (χ0v) is 8.31. The van der Waals surface area contributed by atoms with Gasteiger partial charge in [-0.15, -0.1) is 0 Å². The molecule has 0 aliphatic heterocycles. The van der Waals surface area contributed by atoms with E-state index >= 15 is 0 Å². The Labute approximate surface area is 83.4 Å². The maximum absolute atomic E-state index is 12.9. The summed E-state index contributed by atoms with van der Waals surface area (Å²) in [5.74, 6) is -1.35. The molecule has 1 aromatic rings. The van der Waals surface area contributed by atoms with E-state index in [-0.39, 0.29) is 5.69 Å². The number of benzene rings is 1. The van der Waals surface area contributed by atoms with Crippen molar-refractivity contribution in [3.05, 3.63) is 35.4 Å². The lowest BCUT2D eigenvalue weighted by atomic mass is 10.1. The summed E-state index contributed by atoms with van der Waals surface area (Å²) >= 11 is 3.15. The fraction of sp³-hybridized carbons (Fsp3) is 0.111. The summed E-state index contributed by atoms with van der Waals surface area (Å²) in [6.45, 7) is 0. The van der Waals surface area contributed by atoms with Gasteiger partial charge in [0.1, 0.15) is 11.6 Å². The molecule has 0 saturated heterocycles. The van der Waals surface area contributed by atoms with Crippen LogP contribution in [0.4, 0.5) is 14.5 Å². The van der Waals surface area contributed by atoms with Crippen molar-refractivity contribution < 1.29 is 8.78 Å². The van der Waals surface area contributed by atoms with Crippen molar-refractivity contribution in [1.29, 1.82) is 0 Å². The van der Waals surface area contributed by atoms with Gasteiger partial charge in [-0.05, 0) is 6.07 Å². The largest absolute Gasteiger partial charge is 0.396 e. The Balaban J connectivity index is 3.12. The average Bonchev–Trinajstić information content (AvgIpc) is 2.09. The molecular weight excluding hydrogens is 240 g/mol. The molecule has 0 radical (unpaired) electrons. The van der Waals surface area contributed by atoms with E-state index in [4.69, 9.17) is 5.73 Å². The molecule has 0 saturated carbocycles. The molecule has 0 unspecified atom stereocenters. The van der Waals surface area contributed by atoms with Crippen LogP contribution in [0.25, 0.3) is 6.08 Å². The van der Waals surface area contributed by atoms with Crippen LogP contribution in [-0.2, 0) is 0 Å². The fourth-order valence-electron chi connectivity index (χ4n) is 0.914. The molecule has 0 aliphatic rings. The van der Waals surface area contributed by atoms with Gasteiger partial charge in [0.2, 0.25) is 0 Å². The normalized spacial score (nSPS) is 11.0. The molecule has 0 heterocycles. The van der Waals surface area contributed by atoms with Crippen molar-refractivity contribution in [2.45, 2.75) is 0 Å². The van der Waals surface area contributed by atoms with Crippen LogP contribution in [-0.4, -0.2) is 5.33 Å². The third-order valence-electron chi connectivity index (χ3n) is 1.51. The van der Waals surface area contributed by atoms with Gasteiger partial charge in [0.25, 0.3) is 0 Å². The van der Waals surface area contributed by atoms with E-state index in [1.807, 2.05) is 0 Å². The van der Waals surface area contributed by atoms with Gasteiger partial charge >= 0.3 is 0 Å². The molecule has 0 fully saturated rings.